The maximum atomic E-state index is 8.33. The van der Waals surface area contributed by atoms with Crippen LogP contribution in [0.4, 0.5) is 5.13 Å². The summed E-state index contributed by atoms with van der Waals surface area (Å²) in [4.78, 5) is 4.29. The highest BCUT2D eigenvalue weighted by Gasteiger charge is 2.01. The first-order valence-corrected chi connectivity index (χ1v) is 5.20. The first kappa shape index (κ1) is 8.35. The first-order chi connectivity index (χ1) is 6.40. The summed E-state index contributed by atoms with van der Waals surface area (Å²) in [7, 11) is 0. The van der Waals surface area contributed by atoms with Gasteiger partial charge in [-0.3, -0.25) is 4.72 Å². The van der Waals surface area contributed by atoms with Gasteiger partial charge in [0.25, 0.3) is 0 Å². The van der Waals surface area contributed by atoms with Crippen molar-refractivity contribution < 1.29 is 0 Å². The van der Waals surface area contributed by atoms with Gasteiger partial charge >= 0.3 is 0 Å². The number of benzene rings is 1. The summed E-state index contributed by atoms with van der Waals surface area (Å²) in [6, 6.07) is 7.88. The van der Waals surface area contributed by atoms with Crippen molar-refractivity contribution in [1.82, 2.24) is 4.98 Å². The Morgan fingerprint density at radius 1 is 1.46 bits per heavy atom. The van der Waals surface area contributed by atoms with E-state index in [1.54, 1.807) is 11.3 Å². The summed E-state index contributed by atoms with van der Waals surface area (Å²) in [6.07, 6.45) is 0. The molecular weight excluding hydrogens is 202 g/mol. The number of nitrogens with zero attached hydrogens (tertiary/aromatic N) is 2. The highest BCUT2D eigenvalue weighted by atomic mass is 32.2. The van der Waals surface area contributed by atoms with E-state index in [1.807, 2.05) is 29.7 Å². The lowest BCUT2D eigenvalue weighted by atomic mass is 10.3. The molecule has 0 fully saturated rings. The molecule has 0 bridgehead atoms. The molecule has 1 heterocycles. The van der Waals surface area contributed by atoms with Crippen LogP contribution in [-0.2, 0) is 0 Å². The van der Waals surface area contributed by atoms with Crippen molar-refractivity contribution in [2.75, 3.05) is 4.72 Å². The van der Waals surface area contributed by atoms with E-state index in [1.165, 1.54) is 0 Å². The summed E-state index contributed by atoms with van der Waals surface area (Å²) in [5, 5.41) is 11.0. The van der Waals surface area contributed by atoms with Crippen molar-refractivity contribution in [3.63, 3.8) is 0 Å². The lowest BCUT2D eigenvalue weighted by molar-refractivity contribution is 1.49. The molecule has 0 unspecified atom stereocenters. The number of anilines is 1. The van der Waals surface area contributed by atoms with E-state index < -0.39 is 0 Å². The second kappa shape index (κ2) is 3.64. The van der Waals surface area contributed by atoms with Crippen LogP contribution < -0.4 is 4.72 Å². The third kappa shape index (κ3) is 1.74. The molecule has 0 aliphatic rings. The number of nitrogens with one attached hydrogen (secondary N) is 1. The minimum atomic E-state index is 0.771. The van der Waals surface area contributed by atoms with Crippen LogP contribution in [0.1, 0.15) is 0 Å². The van der Waals surface area contributed by atoms with Crippen LogP contribution in [0.25, 0.3) is 10.2 Å². The zero-order chi connectivity index (χ0) is 9.10. The van der Waals surface area contributed by atoms with Crippen molar-refractivity contribution >= 4 is 38.6 Å². The minimum Gasteiger partial charge on any atom is -0.293 e. The van der Waals surface area contributed by atoms with E-state index in [0.717, 1.165) is 27.3 Å². The van der Waals surface area contributed by atoms with Crippen LogP contribution in [0.2, 0.25) is 0 Å². The second-order valence-electron chi connectivity index (χ2n) is 2.28. The number of para-hydroxylation sites is 1. The number of fused-ring (bicyclic) bond motifs is 1. The van der Waals surface area contributed by atoms with Gasteiger partial charge < -0.3 is 0 Å². The number of thiocyanates is 1. The molecule has 1 N–H and O–H groups in total. The first-order valence-electron chi connectivity index (χ1n) is 3.56. The highest BCUT2D eigenvalue weighted by molar-refractivity contribution is 8.05. The van der Waals surface area contributed by atoms with E-state index in [2.05, 4.69) is 9.71 Å². The van der Waals surface area contributed by atoms with E-state index in [-0.39, 0.29) is 0 Å². The van der Waals surface area contributed by atoms with Gasteiger partial charge in [-0.1, -0.05) is 23.5 Å². The van der Waals surface area contributed by atoms with Crippen molar-refractivity contribution in [2.24, 2.45) is 0 Å². The van der Waals surface area contributed by atoms with Gasteiger partial charge in [-0.15, -0.1) is 0 Å². The maximum Gasteiger partial charge on any atom is 0.194 e. The van der Waals surface area contributed by atoms with Gasteiger partial charge in [-0.2, -0.15) is 5.26 Å². The van der Waals surface area contributed by atoms with E-state index in [9.17, 15) is 0 Å². The van der Waals surface area contributed by atoms with Gasteiger partial charge in [0, 0.05) is 0 Å². The summed E-state index contributed by atoms with van der Waals surface area (Å²) in [5.41, 5.74) is 0.966. The minimum absolute atomic E-state index is 0.771. The summed E-state index contributed by atoms with van der Waals surface area (Å²) in [6.45, 7) is 0. The molecule has 0 aliphatic heterocycles. The Hall–Kier alpha value is -1.25. The molecule has 0 aliphatic carbocycles. The fourth-order valence-corrected chi connectivity index (χ4v) is 2.17. The van der Waals surface area contributed by atoms with Crippen LogP contribution in [0, 0.1) is 10.7 Å². The Morgan fingerprint density at radius 2 is 2.31 bits per heavy atom. The number of thiazole rings is 1. The summed E-state index contributed by atoms with van der Waals surface area (Å²) < 4.78 is 3.97. The van der Waals surface area contributed by atoms with Gasteiger partial charge in [0.1, 0.15) is 0 Å². The SMILES string of the molecule is N#CSNc1nc2ccccc2s1. The molecule has 2 rings (SSSR count). The molecule has 0 atom stereocenters. The number of hydrogen-bond acceptors (Lipinski definition) is 5. The zero-order valence-electron chi connectivity index (χ0n) is 6.52. The molecule has 0 saturated carbocycles. The van der Waals surface area contributed by atoms with Gasteiger partial charge in [-0.05, 0) is 12.1 Å². The van der Waals surface area contributed by atoms with Crippen molar-refractivity contribution in [3.05, 3.63) is 24.3 Å². The standard InChI is InChI=1S/C8H5N3S2/c9-5-12-11-8-10-6-3-1-2-4-7(6)13-8/h1-4H,(H,10,11). The number of aromatic nitrogens is 1. The average molecular weight is 207 g/mol. The number of rotatable bonds is 2. The molecule has 0 amide bonds. The molecule has 3 nitrogen and oxygen atoms in total. The molecule has 2 aromatic rings. The predicted octanol–water partition coefficient (Wildman–Crippen LogP) is 2.84. The van der Waals surface area contributed by atoms with E-state index >= 15 is 0 Å². The third-order valence-electron chi connectivity index (χ3n) is 1.48. The smallest absolute Gasteiger partial charge is 0.194 e. The largest absolute Gasteiger partial charge is 0.293 e. The monoisotopic (exact) mass is 207 g/mol. The Balaban J connectivity index is 2.34. The number of hydrogen-bond donors (Lipinski definition) is 1. The van der Waals surface area contributed by atoms with Gasteiger partial charge in [0.05, 0.1) is 22.2 Å². The molecule has 0 saturated heterocycles. The van der Waals surface area contributed by atoms with Gasteiger partial charge in [-0.25, -0.2) is 4.98 Å². The maximum absolute atomic E-state index is 8.33. The lowest BCUT2D eigenvalue weighted by Gasteiger charge is -1.88. The Kier molecular flexibility index (Phi) is 2.34. The lowest BCUT2D eigenvalue weighted by Crippen LogP contribution is -1.80. The quantitative estimate of drug-likeness (QED) is 0.607. The Morgan fingerprint density at radius 3 is 3.08 bits per heavy atom. The second-order valence-corrected chi connectivity index (χ2v) is 3.90. The Bertz CT molecular complexity index is 425. The van der Waals surface area contributed by atoms with Crippen LogP contribution in [-0.4, -0.2) is 4.98 Å². The molecule has 5 heteroatoms. The normalized spacial score (nSPS) is 9.77. The molecule has 0 spiro atoms. The summed E-state index contributed by atoms with van der Waals surface area (Å²) >= 11 is 2.52. The molecule has 1 aromatic carbocycles. The van der Waals surface area contributed by atoms with Gasteiger partial charge in [0.15, 0.2) is 10.5 Å². The highest BCUT2D eigenvalue weighted by Crippen LogP contribution is 2.26. The fraction of sp³-hybridized carbons (Fsp3) is 0. The molecule has 64 valence electrons. The molecule has 13 heavy (non-hydrogen) atoms. The van der Waals surface area contributed by atoms with Crippen LogP contribution in [0.5, 0.6) is 0 Å². The molecular formula is C8H5N3S2. The predicted molar refractivity (Wildman–Crippen MR) is 56.4 cm³/mol. The van der Waals surface area contributed by atoms with Crippen LogP contribution in [0.3, 0.4) is 0 Å². The topological polar surface area (TPSA) is 48.7 Å². The van der Waals surface area contributed by atoms with Crippen molar-refractivity contribution in [2.45, 2.75) is 0 Å². The van der Waals surface area contributed by atoms with Crippen molar-refractivity contribution in [1.29, 1.82) is 5.26 Å². The number of nitriles is 1. The summed E-state index contributed by atoms with van der Waals surface area (Å²) in [5.74, 6) is 0. The van der Waals surface area contributed by atoms with Crippen LogP contribution >= 0.6 is 23.3 Å². The fourth-order valence-electron chi connectivity index (χ4n) is 0.982. The van der Waals surface area contributed by atoms with Crippen LogP contribution in [0.15, 0.2) is 24.3 Å². The Labute approximate surface area is 83.5 Å². The third-order valence-corrected chi connectivity index (χ3v) is 2.95. The van der Waals surface area contributed by atoms with Crippen molar-refractivity contribution in [3.8, 4) is 5.40 Å². The van der Waals surface area contributed by atoms with Gasteiger partial charge in [0.2, 0.25) is 0 Å². The average Bonchev–Trinajstić information content (AvgIpc) is 2.57. The van der Waals surface area contributed by atoms with E-state index in [4.69, 9.17) is 5.26 Å². The molecule has 0 radical (unpaired) electrons. The van der Waals surface area contributed by atoms with E-state index in [0.29, 0.717) is 0 Å². The molecule has 1 aromatic heterocycles. The zero-order valence-corrected chi connectivity index (χ0v) is 8.15.